The first-order chi connectivity index (χ1) is 15.6. The topological polar surface area (TPSA) is 127 Å². The van der Waals surface area contributed by atoms with Crippen LogP contribution in [0.25, 0.3) is 22.6 Å². The zero-order valence-electron chi connectivity index (χ0n) is 17.9. The number of hydroxylamine groups is 2. The molecule has 174 valence electrons. The highest BCUT2D eigenvalue weighted by Gasteiger charge is 2.32. The van der Waals surface area contributed by atoms with E-state index in [1.54, 1.807) is 24.3 Å². The molecule has 3 aromatic rings. The summed E-state index contributed by atoms with van der Waals surface area (Å²) >= 11 is 6.05. The summed E-state index contributed by atoms with van der Waals surface area (Å²) in [5.41, 5.74) is 7.31. The first kappa shape index (κ1) is 23.3. The third-order valence-corrected chi connectivity index (χ3v) is 7.25. The Labute approximate surface area is 196 Å². The van der Waals surface area contributed by atoms with Gasteiger partial charge in [-0.15, -0.1) is 0 Å². The SMILES string of the molecule is CS(=O)(=O)c1ccc(-c2oc(C3CCCC(N(O)C(N)=O)C3)nc2-c2ccc(Cl)cc2)cc1. The number of halogens is 1. The van der Waals surface area contributed by atoms with E-state index in [0.717, 1.165) is 24.7 Å². The number of primary amides is 1. The van der Waals surface area contributed by atoms with Crippen molar-refractivity contribution < 1.29 is 22.8 Å². The van der Waals surface area contributed by atoms with E-state index in [-0.39, 0.29) is 10.8 Å². The second kappa shape index (κ2) is 9.17. The summed E-state index contributed by atoms with van der Waals surface area (Å²) in [5.74, 6) is 0.878. The van der Waals surface area contributed by atoms with Crippen LogP contribution in [-0.4, -0.2) is 42.0 Å². The van der Waals surface area contributed by atoms with Gasteiger partial charge in [0.2, 0.25) is 0 Å². The standard InChI is InChI=1S/C23H24ClN3O5S/c1-33(30,31)19-11-7-15(8-12-19)21-20(14-5-9-17(24)10-6-14)26-22(32-21)16-3-2-4-18(13-16)27(29)23(25)28/h5-12,16,18,29H,2-4,13H2,1H3,(H2,25,28). The molecule has 2 unspecified atom stereocenters. The number of rotatable bonds is 5. The van der Waals surface area contributed by atoms with Crippen molar-refractivity contribution >= 4 is 27.5 Å². The summed E-state index contributed by atoms with van der Waals surface area (Å²) in [7, 11) is -3.33. The van der Waals surface area contributed by atoms with Crippen LogP contribution in [-0.2, 0) is 9.84 Å². The minimum absolute atomic E-state index is 0.118. The van der Waals surface area contributed by atoms with Gasteiger partial charge in [-0.05, 0) is 55.7 Å². The van der Waals surface area contributed by atoms with Gasteiger partial charge < -0.3 is 10.2 Å². The lowest BCUT2D eigenvalue weighted by Gasteiger charge is -2.31. The maximum absolute atomic E-state index is 11.8. The van der Waals surface area contributed by atoms with Gasteiger partial charge in [-0.3, -0.25) is 5.21 Å². The van der Waals surface area contributed by atoms with Gasteiger partial charge in [0.05, 0.1) is 10.9 Å². The molecule has 2 amide bonds. The monoisotopic (exact) mass is 489 g/mol. The molecular formula is C23H24ClN3O5S. The van der Waals surface area contributed by atoms with Crippen LogP contribution in [0.2, 0.25) is 5.02 Å². The quantitative estimate of drug-likeness (QED) is 0.389. The Morgan fingerprint density at radius 2 is 1.76 bits per heavy atom. The van der Waals surface area contributed by atoms with Crippen LogP contribution in [0.4, 0.5) is 4.79 Å². The van der Waals surface area contributed by atoms with Crippen LogP contribution < -0.4 is 5.73 Å². The number of hydrogen-bond donors (Lipinski definition) is 2. The number of aromatic nitrogens is 1. The molecule has 1 fully saturated rings. The van der Waals surface area contributed by atoms with E-state index in [9.17, 15) is 18.4 Å². The summed E-state index contributed by atoms with van der Waals surface area (Å²) in [6.07, 6.45) is 3.82. The minimum atomic E-state index is -3.33. The molecule has 0 aliphatic heterocycles. The summed E-state index contributed by atoms with van der Waals surface area (Å²) in [4.78, 5) is 16.4. The predicted octanol–water partition coefficient (Wildman–Crippen LogP) is 4.86. The van der Waals surface area contributed by atoms with Crippen LogP contribution >= 0.6 is 11.6 Å². The molecule has 1 aliphatic rings. The lowest BCUT2D eigenvalue weighted by molar-refractivity contribution is -0.0865. The molecular weight excluding hydrogens is 466 g/mol. The number of hydrogen-bond acceptors (Lipinski definition) is 6. The van der Waals surface area contributed by atoms with Crippen LogP contribution in [0, 0.1) is 0 Å². The van der Waals surface area contributed by atoms with E-state index in [2.05, 4.69) is 0 Å². The maximum atomic E-state index is 11.8. The Balaban J connectivity index is 1.74. The molecule has 0 spiro atoms. The first-order valence-corrected chi connectivity index (χ1v) is 12.7. The van der Waals surface area contributed by atoms with Crippen LogP contribution in [0.3, 0.4) is 0 Å². The molecule has 1 aromatic heterocycles. The largest absolute Gasteiger partial charge is 0.440 e. The molecule has 2 aromatic carbocycles. The molecule has 1 aliphatic carbocycles. The highest BCUT2D eigenvalue weighted by atomic mass is 35.5. The molecule has 8 nitrogen and oxygen atoms in total. The molecule has 10 heteroatoms. The number of carbonyl (C=O) groups excluding carboxylic acids is 1. The number of urea groups is 1. The highest BCUT2D eigenvalue weighted by molar-refractivity contribution is 7.90. The maximum Gasteiger partial charge on any atom is 0.338 e. The normalized spacial score (nSPS) is 18.8. The van der Waals surface area contributed by atoms with Gasteiger partial charge in [-0.25, -0.2) is 23.3 Å². The molecule has 33 heavy (non-hydrogen) atoms. The van der Waals surface area contributed by atoms with Crippen molar-refractivity contribution in [2.45, 2.75) is 42.5 Å². The third kappa shape index (κ3) is 5.05. The summed E-state index contributed by atoms with van der Waals surface area (Å²) < 4.78 is 29.9. The lowest BCUT2D eigenvalue weighted by atomic mass is 9.85. The number of nitrogens with zero attached hydrogens (tertiary/aromatic N) is 2. The van der Waals surface area contributed by atoms with E-state index < -0.39 is 21.9 Å². The molecule has 0 saturated heterocycles. The molecule has 3 N–H and O–H groups in total. The first-order valence-electron chi connectivity index (χ1n) is 10.5. The number of benzene rings is 2. The Bertz CT molecular complexity index is 1260. The second-order valence-corrected chi connectivity index (χ2v) is 10.7. The van der Waals surface area contributed by atoms with E-state index in [0.29, 0.717) is 45.8 Å². The van der Waals surface area contributed by atoms with Crippen LogP contribution in [0.5, 0.6) is 0 Å². The fourth-order valence-electron chi connectivity index (χ4n) is 4.15. The third-order valence-electron chi connectivity index (χ3n) is 5.87. The minimum Gasteiger partial charge on any atom is -0.440 e. The second-order valence-electron chi connectivity index (χ2n) is 8.23. The number of amides is 2. The van der Waals surface area contributed by atoms with Gasteiger partial charge in [0.15, 0.2) is 21.5 Å². The number of nitrogens with two attached hydrogens (primary N) is 1. The highest BCUT2D eigenvalue weighted by Crippen LogP contribution is 2.40. The van der Waals surface area contributed by atoms with Gasteiger partial charge in [0.25, 0.3) is 0 Å². The molecule has 4 rings (SSSR count). The lowest BCUT2D eigenvalue weighted by Crippen LogP contribution is -2.43. The van der Waals surface area contributed by atoms with E-state index in [4.69, 9.17) is 26.7 Å². The molecule has 1 heterocycles. The Kier molecular flexibility index (Phi) is 6.47. The zero-order chi connectivity index (χ0) is 23.8. The fourth-order valence-corrected chi connectivity index (χ4v) is 4.91. The van der Waals surface area contributed by atoms with Crippen molar-refractivity contribution in [3.05, 3.63) is 59.4 Å². The van der Waals surface area contributed by atoms with Crippen molar-refractivity contribution in [3.63, 3.8) is 0 Å². The van der Waals surface area contributed by atoms with Crippen LogP contribution in [0.15, 0.2) is 57.8 Å². The van der Waals surface area contributed by atoms with E-state index in [1.807, 2.05) is 12.1 Å². The number of oxazole rings is 1. The Morgan fingerprint density at radius 1 is 1.12 bits per heavy atom. The fraction of sp³-hybridized carbons (Fsp3) is 0.304. The molecule has 0 bridgehead atoms. The summed E-state index contributed by atoms with van der Waals surface area (Å²) in [6.45, 7) is 0. The van der Waals surface area contributed by atoms with Crippen LogP contribution in [0.1, 0.15) is 37.5 Å². The number of carbonyl (C=O) groups is 1. The summed E-state index contributed by atoms with van der Waals surface area (Å²) in [6, 6.07) is 12.3. The Hall–Kier alpha value is -2.88. The smallest absolute Gasteiger partial charge is 0.338 e. The van der Waals surface area contributed by atoms with Gasteiger partial charge >= 0.3 is 6.03 Å². The van der Waals surface area contributed by atoms with Gasteiger partial charge in [-0.1, -0.05) is 30.2 Å². The molecule has 1 saturated carbocycles. The average molecular weight is 490 g/mol. The predicted molar refractivity (Wildman–Crippen MR) is 124 cm³/mol. The van der Waals surface area contributed by atoms with Crippen molar-refractivity contribution in [3.8, 4) is 22.6 Å². The summed E-state index contributed by atoms with van der Waals surface area (Å²) in [5, 5.41) is 11.2. The van der Waals surface area contributed by atoms with Crippen molar-refractivity contribution in [1.82, 2.24) is 10.0 Å². The number of sulfone groups is 1. The molecule has 0 radical (unpaired) electrons. The van der Waals surface area contributed by atoms with E-state index in [1.165, 1.54) is 12.1 Å². The van der Waals surface area contributed by atoms with Crippen molar-refractivity contribution in [2.75, 3.05) is 6.26 Å². The van der Waals surface area contributed by atoms with E-state index >= 15 is 0 Å². The molecule has 2 atom stereocenters. The van der Waals surface area contributed by atoms with Gasteiger partial charge in [-0.2, -0.15) is 0 Å². The van der Waals surface area contributed by atoms with Gasteiger partial charge in [0, 0.05) is 28.3 Å². The van der Waals surface area contributed by atoms with Crippen molar-refractivity contribution in [2.24, 2.45) is 5.73 Å². The zero-order valence-corrected chi connectivity index (χ0v) is 19.5. The van der Waals surface area contributed by atoms with Crippen molar-refractivity contribution in [1.29, 1.82) is 0 Å². The average Bonchev–Trinajstić information content (AvgIpc) is 3.24. The Morgan fingerprint density at radius 3 is 2.36 bits per heavy atom. The van der Waals surface area contributed by atoms with Gasteiger partial charge in [0.1, 0.15) is 5.69 Å².